The van der Waals surface area contributed by atoms with Crippen molar-refractivity contribution in [2.75, 3.05) is 6.54 Å². The molecule has 18 heavy (non-hydrogen) atoms. The van der Waals surface area contributed by atoms with E-state index in [-0.39, 0.29) is 5.60 Å². The van der Waals surface area contributed by atoms with Gasteiger partial charge in [0.2, 0.25) is 0 Å². The maximum absolute atomic E-state index is 6.19. The summed E-state index contributed by atoms with van der Waals surface area (Å²) in [6.45, 7) is 3.58. The molecular weight excluding hydrogens is 290 g/mol. The van der Waals surface area contributed by atoms with E-state index in [2.05, 4.69) is 35.0 Å². The molecule has 2 N–H and O–H groups in total. The smallest absolute Gasteiger partial charge is 0.0811 e. The van der Waals surface area contributed by atoms with Crippen LogP contribution >= 0.6 is 15.9 Å². The molecule has 0 radical (unpaired) electrons. The fourth-order valence-corrected chi connectivity index (χ4v) is 3.30. The van der Waals surface area contributed by atoms with E-state index < -0.39 is 0 Å². The van der Waals surface area contributed by atoms with Gasteiger partial charge in [-0.15, -0.1) is 0 Å². The van der Waals surface area contributed by atoms with Gasteiger partial charge in [-0.3, -0.25) is 0 Å². The molecule has 3 heteroatoms. The van der Waals surface area contributed by atoms with Gasteiger partial charge in [0.1, 0.15) is 0 Å². The van der Waals surface area contributed by atoms with E-state index in [4.69, 9.17) is 10.5 Å². The van der Waals surface area contributed by atoms with Crippen molar-refractivity contribution in [3.05, 3.63) is 34.3 Å². The fourth-order valence-electron chi connectivity index (χ4n) is 2.85. The molecule has 1 aromatic rings. The quantitative estimate of drug-likeness (QED) is 0.916. The summed E-state index contributed by atoms with van der Waals surface area (Å²) in [7, 11) is 0. The highest BCUT2D eigenvalue weighted by atomic mass is 79.9. The normalized spacial score (nSPS) is 28.3. The van der Waals surface area contributed by atoms with Crippen molar-refractivity contribution in [1.82, 2.24) is 0 Å². The van der Waals surface area contributed by atoms with Gasteiger partial charge in [0.25, 0.3) is 0 Å². The molecule has 0 aromatic heterocycles. The fraction of sp³-hybridized carbons (Fsp3) is 0.600. The maximum Gasteiger partial charge on any atom is 0.0811 e. The highest BCUT2D eigenvalue weighted by Crippen LogP contribution is 2.35. The van der Waals surface area contributed by atoms with Crippen LogP contribution in [-0.2, 0) is 11.3 Å². The van der Waals surface area contributed by atoms with Gasteiger partial charge in [-0.1, -0.05) is 47.8 Å². The van der Waals surface area contributed by atoms with Crippen LogP contribution in [0.4, 0.5) is 0 Å². The Hall–Kier alpha value is -0.380. The number of rotatable bonds is 4. The second-order valence-electron chi connectivity index (χ2n) is 5.51. The van der Waals surface area contributed by atoms with Crippen molar-refractivity contribution >= 4 is 15.9 Å². The molecule has 1 fully saturated rings. The van der Waals surface area contributed by atoms with Gasteiger partial charge < -0.3 is 10.5 Å². The Balaban J connectivity index is 1.98. The van der Waals surface area contributed by atoms with Crippen molar-refractivity contribution in [2.24, 2.45) is 11.7 Å². The Labute approximate surface area is 118 Å². The summed E-state index contributed by atoms with van der Waals surface area (Å²) in [6, 6.07) is 8.28. The summed E-state index contributed by atoms with van der Waals surface area (Å²) in [5, 5.41) is 0. The summed E-state index contributed by atoms with van der Waals surface area (Å²) >= 11 is 3.49. The molecule has 0 aliphatic heterocycles. The first-order chi connectivity index (χ1) is 8.63. The van der Waals surface area contributed by atoms with Crippen LogP contribution in [-0.4, -0.2) is 12.1 Å². The molecule has 2 unspecified atom stereocenters. The first-order valence-electron chi connectivity index (χ1n) is 6.72. The predicted molar refractivity (Wildman–Crippen MR) is 78.3 cm³/mol. The van der Waals surface area contributed by atoms with Crippen molar-refractivity contribution in [2.45, 2.75) is 44.8 Å². The molecule has 0 spiro atoms. The van der Waals surface area contributed by atoms with Crippen molar-refractivity contribution < 1.29 is 4.74 Å². The number of benzene rings is 1. The molecule has 2 nitrogen and oxygen atoms in total. The van der Waals surface area contributed by atoms with E-state index in [1.165, 1.54) is 18.4 Å². The van der Waals surface area contributed by atoms with E-state index in [0.29, 0.717) is 13.2 Å². The number of hydrogen-bond acceptors (Lipinski definition) is 2. The van der Waals surface area contributed by atoms with Gasteiger partial charge in [0, 0.05) is 11.0 Å². The van der Waals surface area contributed by atoms with E-state index in [0.717, 1.165) is 23.2 Å². The highest BCUT2D eigenvalue weighted by Gasteiger charge is 2.34. The SMILES string of the molecule is CC1CCCC(CN)(OCc2cccc(Br)c2)C1. The minimum absolute atomic E-state index is 0.0972. The van der Waals surface area contributed by atoms with Gasteiger partial charge in [-0.05, 0) is 36.5 Å². The van der Waals surface area contributed by atoms with Gasteiger partial charge in [0.15, 0.2) is 0 Å². The summed E-state index contributed by atoms with van der Waals surface area (Å²) < 4.78 is 7.28. The average Bonchev–Trinajstić information content (AvgIpc) is 2.37. The Bertz CT molecular complexity index is 396. The van der Waals surface area contributed by atoms with Crippen molar-refractivity contribution in [1.29, 1.82) is 0 Å². The van der Waals surface area contributed by atoms with Crippen LogP contribution in [0.2, 0.25) is 0 Å². The van der Waals surface area contributed by atoms with Crippen LogP contribution in [0.15, 0.2) is 28.7 Å². The standard InChI is InChI=1S/C15H22BrNO/c1-12-4-3-7-15(9-12,11-17)18-10-13-5-2-6-14(16)8-13/h2,5-6,8,12H,3-4,7,9-11,17H2,1H3. The van der Waals surface area contributed by atoms with Crippen molar-refractivity contribution in [3.63, 3.8) is 0 Å². The Kier molecular flexibility index (Phi) is 4.82. The van der Waals surface area contributed by atoms with Gasteiger partial charge in [-0.2, -0.15) is 0 Å². The number of hydrogen-bond donors (Lipinski definition) is 1. The molecule has 1 aliphatic carbocycles. The van der Waals surface area contributed by atoms with Crippen LogP contribution in [0.3, 0.4) is 0 Å². The second-order valence-corrected chi connectivity index (χ2v) is 6.42. The van der Waals surface area contributed by atoms with Crippen LogP contribution in [0, 0.1) is 5.92 Å². The zero-order valence-corrected chi connectivity index (χ0v) is 12.6. The lowest BCUT2D eigenvalue weighted by atomic mass is 9.79. The lowest BCUT2D eigenvalue weighted by Crippen LogP contribution is -2.44. The maximum atomic E-state index is 6.19. The monoisotopic (exact) mass is 311 g/mol. The Morgan fingerprint density at radius 1 is 1.50 bits per heavy atom. The summed E-state index contributed by atoms with van der Waals surface area (Å²) in [6.07, 6.45) is 4.73. The van der Waals surface area contributed by atoms with Crippen molar-refractivity contribution in [3.8, 4) is 0 Å². The minimum atomic E-state index is -0.0972. The second kappa shape index (κ2) is 6.18. The van der Waals surface area contributed by atoms with Crippen LogP contribution < -0.4 is 5.73 Å². The Morgan fingerprint density at radius 3 is 3.00 bits per heavy atom. The third-order valence-corrected chi connectivity index (χ3v) is 4.35. The average molecular weight is 312 g/mol. The number of halogens is 1. The van der Waals surface area contributed by atoms with E-state index in [1.807, 2.05) is 12.1 Å². The summed E-state index contributed by atoms with van der Waals surface area (Å²) in [5.74, 6) is 0.727. The molecule has 1 aromatic carbocycles. The molecule has 0 bridgehead atoms. The molecular formula is C15H22BrNO. The first kappa shape index (κ1) is 14.0. The third-order valence-electron chi connectivity index (χ3n) is 3.86. The van der Waals surface area contributed by atoms with E-state index in [1.54, 1.807) is 0 Å². The van der Waals surface area contributed by atoms with Crippen LogP contribution in [0.5, 0.6) is 0 Å². The van der Waals surface area contributed by atoms with Crippen LogP contribution in [0.1, 0.15) is 38.2 Å². The molecule has 100 valence electrons. The number of nitrogens with two attached hydrogens (primary N) is 1. The number of ether oxygens (including phenoxy) is 1. The van der Waals surface area contributed by atoms with Gasteiger partial charge in [0.05, 0.1) is 12.2 Å². The molecule has 1 aliphatic rings. The predicted octanol–water partition coefficient (Wildman–Crippen LogP) is 3.87. The van der Waals surface area contributed by atoms with E-state index >= 15 is 0 Å². The third kappa shape index (κ3) is 3.56. The zero-order chi connectivity index (χ0) is 13.0. The molecule has 0 amide bonds. The topological polar surface area (TPSA) is 35.2 Å². The van der Waals surface area contributed by atoms with Gasteiger partial charge in [-0.25, -0.2) is 0 Å². The molecule has 2 atom stereocenters. The van der Waals surface area contributed by atoms with E-state index in [9.17, 15) is 0 Å². The first-order valence-corrected chi connectivity index (χ1v) is 7.51. The highest BCUT2D eigenvalue weighted by molar-refractivity contribution is 9.10. The molecule has 0 saturated heterocycles. The Morgan fingerprint density at radius 2 is 2.33 bits per heavy atom. The van der Waals surface area contributed by atoms with Crippen LogP contribution in [0.25, 0.3) is 0 Å². The molecule has 2 rings (SSSR count). The molecule has 1 saturated carbocycles. The largest absolute Gasteiger partial charge is 0.369 e. The lowest BCUT2D eigenvalue weighted by Gasteiger charge is -2.39. The lowest BCUT2D eigenvalue weighted by molar-refractivity contribution is -0.0840. The van der Waals surface area contributed by atoms with Gasteiger partial charge >= 0.3 is 0 Å². The zero-order valence-electron chi connectivity index (χ0n) is 11.0. The minimum Gasteiger partial charge on any atom is -0.369 e. The molecule has 0 heterocycles. The summed E-state index contributed by atoms with van der Waals surface area (Å²) in [5.41, 5.74) is 7.07. The summed E-state index contributed by atoms with van der Waals surface area (Å²) in [4.78, 5) is 0.